The Morgan fingerprint density at radius 3 is 0.762 bits per heavy atom. The van der Waals surface area contributed by atoms with Gasteiger partial charge in [0, 0.05) is 33.4 Å². The zero-order valence-electron chi connectivity index (χ0n) is 22.8. The van der Waals surface area contributed by atoms with Gasteiger partial charge < -0.3 is 10.2 Å². The number of fused-ring (bicyclic) bond motifs is 8. The van der Waals surface area contributed by atoms with Crippen LogP contribution in [0, 0.1) is 0 Å². The van der Waals surface area contributed by atoms with Crippen molar-refractivity contribution in [3.05, 3.63) is 179 Å². The molecule has 0 aliphatic heterocycles. The lowest BCUT2D eigenvalue weighted by Gasteiger charge is -2.34. The summed E-state index contributed by atoms with van der Waals surface area (Å²) in [6.45, 7) is 0. The van der Waals surface area contributed by atoms with Gasteiger partial charge in [0.25, 0.3) is 0 Å². The molecule has 0 unspecified atom stereocenters. The summed E-state index contributed by atoms with van der Waals surface area (Å²) < 4.78 is 0. The van der Waals surface area contributed by atoms with Crippen molar-refractivity contribution in [2.75, 3.05) is 0 Å². The minimum Gasteiger partial charge on any atom is -0.376 e. The van der Waals surface area contributed by atoms with E-state index in [2.05, 4.69) is 48.5 Å². The van der Waals surface area contributed by atoms with Gasteiger partial charge in [0.05, 0.1) is 0 Å². The van der Waals surface area contributed by atoms with E-state index in [4.69, 9.17) is 0 Å². The Hall–Kier alpha value is -5.02. The first-order valence-corrected chi connectivity index (χ1v) is 14.4. The second-order valence-electron chi connectivity index (χ2n) is 11.4. The van der Waals surface area contributed by atoms with Crippen LogP contribution in [0.5, 0.6) is 0 Å². The van der Waals surface area contributed by atoms with Gasteiger partial charge in [0.15, 0.2) is 0 Å². The molecule has 0 saturated heterocycles. The molecule has 0 saturated carbocycles. The third-order valence-corrected chi connectivity index (χ3v) is 9.50. The molecule has 2 heteroatoms. The van der Waals surface area contributed by atoms with E-state index in [1.807, 2.05) is 97.1 Å². The third kappa shape index (κ3) is 2.76. The van der Waals surface area contributed by atoms with Crippen molar-refractivity contribution in [1.29, 1.82) is 0 Å². The Morgan fingerprint density at radius 2 is 0.500 bits per heavy atom. The van der Waals surface area contributed by atoms with Gasteiger partial charge in [0.2, 0.25) is 0 Å². The quantitative estimate of drug-likeness (QED) is 0.217. The molecule has 0 heterocycles. The van der Waals surface area contributed by atoms with Gasteiger partial charge in [-0.1, -0.05) is 146 Å². The van der Waals surface area contributed by atoms with E-state index in [-0.39, 0.29) is 0 Å². The lowest BCUT2D eigenvalue weighted by Crippen LogP contribution is -2.30. The summed E-state index contributed by atoms with van der Waals surface area (Å²) in [5.74, 6) is 0. The predicted octanol–water partition coefficient (Wildman–Crippen LogP) is 8.52. The van der Waals surface area contributed by atoms with Crippen molar-refractivity contribution in [2.24, 2.45) is 0 Å². The van der Waals surface area contributed by atoms with Crippen LogP contribution in [0.25, 0.3) is 43.8 Å². The Morgan fingerprint density at radius 1 is 0.286 bits per heavy atom. The molecule has 0 aromatic heterocycles. The summed E-state index contributed by atoms with van der Waals surface area (Å²) in [4.78, 5) is 0. The fraction of sp³-hybridized carbons (Fsp3) is 0.0500. The molecular formula is C40H26O2. The molecule has 0 bridgehead atoms. The first kappa shape index (κ1) is 23.7. The van der Waals surface area contributed by atoms with E-state index in [1.54, 1.807) is 0 Å². The highest BCUT2D eigenvalue weighted by molar-refractivity contribution is 6.10. The van der Waals surface area contributed by atoms with Crippen LogP contribution in [0.1, 0.15) is 33.4 Å². The van der Waals surface area contributed by atoms with E-state index in [1.165, 1.54) is 0 Å². The van der Waals surface area contributed by atoms with Gasteiger partial charge in [-0.15, -0.1) is 0 Å². The molecule has 2 aliphatic carbocycles. The van der Waals surface area contributed by atoms with Crippen LogP contribution in [0.3, 0.4) is 0 Å². The van der Waals surface area contributed by atoms with Gasteiger partial charge in [-0.2, -0.15) is 0 Å². The summed E-state index contributed by atoms with van der Waals surface area (Å²) >= 11 is 0. The molecule has 0 atom stereocenters. The number of benzene rings is 7. The molecule has 7 aromatic rings. The molecule has 7 aromatic carbocycles. The topological polar surface area (TPSA) is 40.5 Å². The first-order valence-electron chi connectivity index (χ1n) is 14.4. The van der Waals surface area contributed by atoms with Gasteiger partial charge in [-0.3, -0.25) is 0 Å². The maximum absolute atomic E-state index is 13.1. The standard InChI is InChI=1S/C40H26O2/c41-39(33-21-9-5-13-25(33)26-14-6-10-22-34(26)39)37-29-17-1-2-18-30(29)38(32-20-4-3-19-31(32)37)40(42)35-23-11-7-15-27(35)28-16-8-12-24-36(28)40/h1-24,41-42H. The molecule has 0 spiro atoms. The minimum atomic E-state index is -1.38. The number of aliphatic hydroxyl groups is 2. The van der Waals surface area contributed by atoms with Crippen LogP contribution in [0.4, 0.5) is 0 Å². The predicted molar refractivity (Wildman–Crippen MR) is 169 cm³/mol. The number of hydrogen-bond acceptors (Lipinski definition) is 2. The maximum atomic E-state index is 13.1. The lowest BCUT2D eigenvalue weighted by atomic mass is 9.73. The van der Waals surface area contributed by atoms with Gasteiger partial charge in [-0.25, -0.2) is 0 Å². The SMILES string of the molecule is OC1(c2c3ccccc3c(C3(O)c4ccccc4-c4ccccc43)c3ccccc23)c2ccccc2-c2ccccc21. The highest BCUT2D eigenvalue weighted by atomic mass is 16.3. The van der Waals surface area contributed by atoms with Crippen LogP contribution in [-0.4, -0.2) is 10.2 Å². The van der Waals surface area contributed by atoms with Crippen molar-refractivity contribution in [3.63, 3.8) is 0 Å². The molecular weight excluding hydrogens is 512 g/mol. The monoisotopic (exact) mass is 538 g/mol. The Labute approximate surface area is 243 Å². The van der Waals surface area contributed by atoms with E-state index in [0.717, 1.165) is 77.2 Å². The van der Waals surface area contributed by atoms with E-state index >= 15 is 0 Å². The smallest absolute Gasteiger partial charge is 0.142 e. The summed E-state index contributed by atoms with van der Waals surface area (Å²) in [6.07, 6.45) is 0. The molecule has 0 radical (unpaired) electrons. The highest BCUT2D eigenvalue weighted by Gasteiger charge is 2.48. The molecule has 42 heavy (non-hydrogen) atoms. The van der Waals surface area contributed by atoms with Crippen LogP contribution in [0.15, 0.2) is 146 Å². The van der Waals surface area contributed by atoms with Crippen LogP contribution in [-0.2, 0) is 11.2 Å². The zero-order chi connectivity index (χ0) is 28.1. The molecule has 198 valence electrons. The average Bonchev–Trinajstić information content (AvgIpc) is 3.47. The Balaban J connectivity index is 1.48. The lowest BCUT2D eigenvalue weighted by molar-refractivity contribution is 0.131. The van der Waals surface area contributed by atoms with Crippen LogP contribution in [0.2, 0.25) is 0 Å². The van der Waals surface area contributed by atoms with Crippen molar-refractivity contribution in [2.45, 2.75) is 11.2 Å². The second kappa shape index (κ2) is 8.27. The summed E-state index contributed by atoms with van der Waals surface area (Å²) in [5.41, 5.74) is 6.64. The molecule has 2 N–H and O–H groups in total. The van der Waals surface area contributed by atoms with Crippen molar-refractivity contribution in [3.8, 4) is 22.3 Å². The average molecular weight is 539 g/mol. The van der Waals surface area contributed by atoms with Crippen molar-refractivity contribution in [1.82, 2.24) is 0 Å². The van der Waals surface area contributed by atoms with Crippen molar-refractivity contribution < 1.29 is 10.2 Å². The van der Waals surface area contributed by atoms with E-state index in [0.29, 0.717) is 0 Å². The van der Waals surface area contributed by atoms with Crippen molar-refractivity contribution >= 4 is 21.5 Å². The molecule has 2 nitrogen and oxygen atoms in total. The maximum Gasteiger partial charge on any atom is 0.142 e. The molecule has 2 aliphatic rings. The second-order valence-corrected chi connectivity index (χ2v) is 11.4. The van der Waals surface area contributed by atoms with Gasteiger partial charge >= 0.3 is 0 Å². The first-order chi connectivity index (χ1) is 20.6. The Bertz CT molecular complexity index is 1930. The van der Waals surface area contributed by atoms with E-state index in [9.17, 15) is 10.2 Å². The summed E-state index contributed by atoms with van der Waals surface area (Å²) in [5, 5.41) is 30.0. The molecule has 0 fully saturated rings. The largest absolute Gasteiger partial charge is 0.376 e. The highest BCUT2D eigenvalue weighted by Crippen LogP contribution is 2.58. The third-order valence-electron chi connectivity index (χ3n) is 9.50. The van der Waals surface area contributed by atoms with E-state index < -0.39 is 11.2 Å². The minimum absolute atomic E-state index is 0.845. The Kier molecular flexibility index (Phi) is 4.66. The van der Waals surface area contributed by atoms with Crippen LogP contribution < -0.4 is 0 Å². The summed E-state index contributed by atoms with van der Waals surface area (Å²) in [6, 6.07) is 49.2. The fourth-order valence-electron chi connectivity index (χ4n) is 7.87. The van der Waals surface area contributed by atoms with Crippen LogP contribution >= 0.6 is 0 Å². The molecule has 0 amide bonds. The zero-order valence-corrected chi connectivity index (χ0v) is 22.8. The van der Waals surface area contributed by atoms with Gasteiger partial charge in [-0.05, 0) is 43.8 Å². The molecule has 9 rings (SSSR count). The normalized spacial score (nSPS) is 15.3. The fourth-order valence-corrected chi connectivity index (χ4v) is 7.87. The number of hydrogen-bond donors (Lipinski definition) is 2. The summed E-state index contributed by atoms with van der Waals surface area (Å²) in [7, 11) is 0. The van der Waals surface area contributed by atoms with Gasteiger partial charge in [0.1, 0.15) is 11.2 Å². The number of rotatable bonds is 2.